The molecule has 0 fully saturated rings. The van der Waals surface area contributed by atoms with E-state index < -0.39 is 21.2 Å². The molecule has 0 spiro atoms. The van der Waals surface area contributed by atoms with Gasteiger partial charge >= 0.3 is 10.4 Å². The fourth-order valence-corrected chi connectivity index (χ4v) is 0. The Balaban J connectivity index is 0. The molecule has 0 aliphatic rings. The van der Waals surface area contributed by atoms with E-state index in [1.54, 1.807) is 0 Å². The molecule has 0 rings (SSSR count). The van der Waals surface area contributed by atoms with Crippen molar-refractivity contribution in [1.29, 1.82) is 0 Å². The third-order valence-electron chi connectivity index (χ3n) is 0. The Morgan fingerprint density at radius 1 is 1.11 bits per heavy atom. The molecule has 0 radical (unpaired) electrons. The molecular weight excluding hydrogens is 180 g/mol. The van der Waals surface area contributed by atoms with Crippen LogP contribution in [0.2, 0.25) is 0 Å². The monoisotopic (exact) mass is 181 g/mol. The molecule has 0 aromatic rings. The van der Waals surface area contributed by atoms with Gasteiger partial charge in [0.15, 0.2) is 0 Å². The summed E-state index contributed by atoms with van der Waals surface area (Å²) in [4.78, 5) is 0. The molecule has 0 unspecified atom stereocenters. The van der Waals surface area contributed by atoms with Crippen LogP contribution in [-0.2, 0) is 10.4 Å². The maximum Gasteiger partial charge on any atom is 0.394 e. The molecule has 0 saturated carbocycles. The van der Waals surface area contributed by atoms with E-state index in [0.717, 1.165) is 0 Å². The van der Waals surface area contributed by atoms with E-state index in [1.165, 1.54) is 0 Å². The van der Waals surface area contributed by atoms with Crippen molar-refractivity contribution in [2.24, 2.45) is 0 Å². The maximum absolute atomic E-state index is 8.74. The minimum atomic E-state index is -4.67. The summed E-state index contributed by atoms with van der Waals surface area (Å²) in [6.45, 7) is 0. The third-order valence-corrected chi connectivity index (χ3v) is 0. The van der Waals surface area contributed by atoms with Crippen molar-refractivity contribution in [3.05, 3.63) is 0 Å². The summed E-state index contributed by atoms with van der Waals surface area (Å²) in [6, 6.07) is 0. The van der Waals surface area contributed by atoms with E-state index in [4.69, 9.17) is 31.5 Å². The zero-order valence-electron chi connectivity index (χ0n) is 3.72. The third kappa shape index (κ3) is 183000. The molecule has 0 saturated heterocycles. The van der Waals surface area contributed by atoms with Crippen LogP contribution in [0, 0.1) is 10.8 Å². The zero-order chi connectivity index (χ0) is 8.08. The average Bonchev–Trinajstić information content (AvgIpc) is 1.19. The Morgan fingerprint density at radius 2 is 1.11 bits per heavy atom. The largest absolute Gasteiger partial charge is 0.394 e. The highest BCUT2D eigenvalue weighted by Gasteiger charge is 1.84. The highest BCUT2D eigenvalue weighted by molar-refractivity contribution is 7.79. The predicted octanol–water partition coefficient (Wildman–Crippen LogP) is -4.22. The van der Waals surface area contributed by atoms with E-state index >= 15 is 0 Å². The van der Waals surface area contributed by atoms with Crippen LogP contribution in [0.3, 0.4) is 0 Å². The lowest BCUT2D eigenvalue weighted by Crippen LogP contribution is -2.42. The summed E-state index contributed by atoms with van der Waals surface area (Å²) in [5.74, 6) is 0. The minimum absolute atomic E-state index is 2.85. The quantitative estimate of drug-likeness (QED) is 0.360. The van der Waals surface area contributed by atoms with Gasteiger partial charge in [-0.3, -0.25) is 9.11 Å². The molecule has 0 aromatic heterocycles. The van der Waals surface area contributed by atoms with Crippen molar-refractivity contribution in [2.45, 2.75) is 0 Å². The first kappa shape index (κ1) is 11.8. The number of rotatable bonds is 0. The number of hydrogen-bond donors (Lipinski definition) is 2. The standard InChI is InChI=1S/ClO3.H2O4S/c2-1(3)4;1-5(2,3)4/h;(H2,1,2,3,4)/q-1;. The Hall–Kier alpha value is 0.0400. The lowest BCUT2D eigenvalue weighted by atomic mass is 15.8. The summed E-state index contributed by atoms with van der Waals surface area (Å²) in [5, 5.41) is 0. The molecule has 7 nitrogen and oxygen atoms in total. The van der Waals surface area contributed by atoms with Crippen LogP contribution in [0.1, 0.15) is 0 Å². The lowest BCUT2D eigenvalue weighted by molar-refractivity contribution is -1.73. The molecule has 9 heteroatoms. The van der Waals surface area contributed by atoms with Gasteiger partial charge in [-0.25, -0.2) is 0 Å². The van der Waals surface area contributed by atoms with Crippen molar-refractivity contribution in [3.63, 3.8) is 0 Å². The molecule has 2 N–H and O–H groups in total. The SMILES string of the molecule is O=S(=O)(O)O.[O-][Cl+2]([O-])[O-]. The van der Waals surface area contributed by atoms with Gasteiger partial charge in [-0.15, -0.1) is 0 Å². The van der Waals surface area contributed by atoms with Crippen LogP contribution in [0.15, 0.2) is 0 Å². The van der Waals surface area contributed by atoms with Gasteiger partial charge in [-0.05, 0) is 0 Å². The second-order valence-corrected chi connectivity index (χ2v) is 1.91. The van der Waals surface area contributed by atoms with Crippen LogP contribution in [0.25, 0.3) is 0 Å². The zero-order valence-corrected chi connectivity index (χ0v) is 5.29. The number of halogens is 1. The Morgan fingerprint density at radius 3 is 1.11 bits per heavy atom. The Kier molecular flexibility index (Phi) is 6.39. The first-order valence-electron chi connectivity index (χ1n) is 1.16. The first-order chi connectivity index (χ1) is 3.73. The predicted molar refractivity (Wildman–Crippen MR) is 14.2 cm³/mol. The number of hydrogen-bond acceptors (Lipinski definition) is 5. The Bertz CT molecular complexity index is 120. The highest BCUT2D eigenvalue weighted by atomic mass is 35.6. The van der Waals surface area contributed by atoms with Crippen molar-refractivity contribution in [1.82, 2.24) is 0 Å². The van der Waals surface area contributed by atoms with E-state index in [2.05, 4.69) is 0 Å². The van der Waals surface area contributed by atoms with E-state index in [-0.39, 0.29) is 0 Å². The van der Waals surface area contributed by atoms with Gasteiger partial charge in [-0.2, -0.15) is 8.42 Å². The van der Waals surface area contributed by atoms with Crippen molar-refractivity contribution < 1.29 is 42.3 Å². The molecule has 9 heavy (non-hydrogen) atoms. The van der Waals surface area contributed by atoms with Crippen molar-refractivity contribution in [3.8, 4) is 0 Å². The van der Waals surface area contributed by atoms with E-state index in [1.807, 2.05) is 0 Å². The minimum Gasteiger partial charge on any atom is -0.357 e. The molecule has 0 heterocycles. The first-order valence-corrected chi connectivity index (χ1v) is 3.48. The van der Waals surface area contributed by atoms with Gasteiger partial charge in [0.25, 0.3) is 0 Å². The van der Waals surface area contributed by atoms with Crippen molar-refractivity contribution >= 4 is 10.4 Å². The summed E-state index contributed by atoms with van der Waals surface area (Å²) in [6.07, 6.45) is 0. The Labute approximate surface area is 53.5 Å². The van der Waals surface area contributed by atoms with E-state index in [0.29, 0.717) is 0 Å². The fourth-order valence-electron chi connectivity index (χ4n) is 0. The van der Waals surface area contributed by atoms with Crippen molar-refractivity contribution in [2.75, 3.05) is 0 Å². The molecule has 0 aliphatic heterocycles. The molecule has 0 bridgehead atoms. The molecular formula is H2ClO7S-. The van der Waals surface area contributed by atoms with Crippen LogP contribution < -0.4 is 14.0 Å². The van der Waals surface area contributed by atoms with Gasteiger partial charge < -0.3 is 14.0 Å². The van der Waals surface area contributed by atoms with Gasteiger partial charge in [0.2, 0.25) is 0 Å². The summed E-state index contributed by atoms with van der Waals surface area (Å²) in [7, 11) is -7.52. The maximum atomic E-state index is 8.74. The molecule has 0 aliphatic carbocycles. The molecule has 0 amide bonds. The molecule has 0 atom stereocenters. The van der Waals surface area contributed by atoms with E-state index in [9.17, 15) is 0 Å². The smallest absolute Gasteiger partial charge is 0.357 e. The van der Waals surface area contributed by atoms with Gasteiger partial charge in [0.05, 0.1) is 10.8 Å². The van der Waals surface area contributed by atoms with Gasteiger partial charge in [0, 0.05) is 0 Å². The highest BCUT2D eigenvalue weighted by Crippen LogP contribution is 1.59. The summed E-state index contributed by atoms with van der Waals surface area (Å²) < 4.78 is 56.8. The molecule has 58 valence electrons. The average molecular weight is 182 g/mol. The second kappa shape index (κ2) is 4.88. The molecule has 0 aromatic carbocycles. The lowest BCUT2D eigenvalue weighted by Gasteiger charge is -1.89. The van der Waals surface area contributed by atoms with Crippen LogP contribution in [0.4, 0.5) is 0 Å². The van der Waals surface area contributed by atoms with Gasteiger partial charge in [-0.1, -0.05) is 0 Å². The van der Waals surface area contributed by atoms with Crippen LogP contribution >= 0.6 is 0 Å². The summed E-state index contributed by atoms with van der Waals surface area (Å²) in [5.41, 5.74) is 0. The van der Waals surface area contributed by atoms with Gasteiger partial charge in [0.1, 0.15) is 0 Å². The van der Waals surface area contributed by atoms with Crippen LogP contribution in [0.5, 0.6) is 0 Å². The normalized spacial score (nSPS) is 10.4. The fraction of sp³-hybridized carbons (Fsp3) is 0. The van der Waals surface area contributed by atoms with Crippen LogP contribution in [-0.4, -0.2) is 17.5 Å². The summed E-state index contributed by atoms with van der Waals surface area (Å²) >= 11 is 0. The second-order valence-electron chi connectivity index (χ2n) is 0.637. The topological polar surface area (TPSA) is 144 Å².